The Bertz CT molecular complexity index is 963. The van der Waals surface area contributed by atoms with E-state index < -0.39 is 6.04 Å². The number of carbonyl (C=O) groups excluding carboxylic acids is 1. The Morgan fingerprint density at radius 1 is 1.27 bits per heavy atom. The van der Waals surface area contributed by atoms with Crippen molar-refractivity contribution in [2.24, 2.45) is 11.8 Å². The number of hydrogen-bond acceptors (Lipinski definition) is 6. The number of nitriles is 1. The maximum Gasteiger partial charge on any atom is 0.238 e. The zero-order valence-corrected chi connectivity index (χ0v) is 18.9. The number of rotatable bonds is 6. The van der Waals surface area contributed by atoms with Gasteiger partial charge in [-0.3, -0.25) is 9.69 Å². The average molecular weight is 454 g/mol. The lowest BCUT2D eigenvalue weighted by Gasteiger charge is -2.36. The van der Waals surface area contributed by atoms with Crippen molar-refractivity contribution in [1.82, 2.24) is 15.5 Å². The van der Waals surface area contributed by atoms with E-state index in [9.17, 15) is 10.1 Å². The number of halogens is 1. The second-order valence-corrected chi connectivity index (χ2v) is 10.5. The number of ether oxygens (including phenoxy) is 1. The number of anilines is 1. The Morgan fingerprint density at radius 2 is 2.15 bits per heavy atom. The number of amides is 1. The molecule has 0 spiro atoms. The molecule has 0 radical (unpaired) electrons. The summed E-state index contributed by atoms with van der Waals surface area (Å²) in [6.45, 7) is 4.74. The highest BCUT2D eigenvalue weighted by Gasteiger charge is 2.45. The number of hydrogen-bond donors (Lipinski definition) is 2. The third kappa shape index (κ3) is 3.90. The van der Waals surface area contributed by atoms with Crippen LogP contribution < -0.4 is 15.5 Å². The molecule has 6 atom stereocenters. The van der Waals surface area contributed by atoms with Crippen molar-refractivity contribution in [2.75, 3.05) is 37.7 Å². The van der Waals surface area contributed by atoms with Crippen LogP contribution in [0.5, 0.6) is 0 Å². The van der Waals surface area contributed by atoms with Gasteiger partial charge in [0.25, 0.3) is 0 Å². The lowest BCUT2D eigenvalue weighted by molar-refractivity contribution is -0.124. The molecule has 4 aliphatic heterocycles. The Kier molecular flexibility index (Phi) is 5.52. The zero-order chi connectivity index (χ0) is 22.5. The van der Waals surface area contributed by atoms with Gasteiger partial charge in [-0.05, 0) is 55.2 Å². The summed E-state index contributed by atoms with van der Waals surface area (Å²) in [5, 5.41) is 15.8. The SMILES string of the molecule is N#C[C@H](Cc1ccc(N2CCC3CN(C4COC4)CC32)cc1F)NC(=O)[C@H]1NC2CCC1C2. The first-order valence-corrected chi connectivity index (χ1v) is 12.4. The van der Waals surface area contributed by atoms with Crippen LogP contribution in [0.15, 0.2) is 18.2 Å². The van der Waals surface area contributed by atoms with Crippen molar-refractivity contribution in [3.05, 3.63) is 29.6 Å². The number of likely N-dealkylation sites (tertiary alicyclic amines) is 1. The number of nitrogens with zero attached hydrogens (tertiary/aromatic N) is 3. The first-order chi connectivity index (χ1) is 16.1. The van der Waals surface area contributed by atoms with Crippen molar-refractivity contribution in [3.63, 3.8) is 0 Å². The number of nitrogens with one attached hydrogen (secondary N) is 2. The third-order valence-corrected chi connectivity index (χ3v) is 8.62. The monoisotopic (exact) mass is 453 g/mol. The molecule has 7 nitrogen and oxygen atoms in total. The van der Waals surface area contributed by atoms with Crippen molar-refractivity contribution in [2.45, 2.75) is 62.3 Å². The molecule has 1 saturated carbocycles. The number of piperidine rings is 1. The van der Waals surface area contributed by atoms with Gasteiger partial charge in [-0.2, -0.15) is 5.26 Å². The summed E-state index contributed by atoms with van der Waals surface area (Å²) in [5.74, 6) is 0.561. The van der Waals surface area contributed by atoms with Crippen molar-refractivity contribution in [3.8, 4) is 6.07 Å². The molecule has 8 heteroatoms. The minimum absolute atomic E-state index is 0.128. The summed E-state index contributed by atoms with van der Waals surface area (Å²) < 4.78 is 20.4. The Morgan fingerprint density at radius 3 is 2.82 bits per heavy atom. The van der Waals surface area contributed by atoms with E-state index in [-0.39, 0.29) is 24.2 Å². The van der Waals surface area contributed by atoms with Gasteiger partial charge in [-0.25, -0.2) is 4.39 Å². The van der Waals surface area contributed by atoms with Crippen LogP contribution in [0.3, 0.4) is 0 Å². The van der Waals surface area contributed by atoms with Crippen LogP contribution in [0.4, 0.5) is 10.1 Å². The zero-order valence-electron chi connectivity index (χ0n) is 18.9. The highest BCUT2D eigenvalue weighted by atomic mass is 19.1. The molecule has 4 unspecified atom stereocenters. The van der Waals surface area contributed by atoms with E-state index in [0.717, 1.165) is 64.2 Å². The van der Waals surface area contributed by atoms with Gasteiger partial charge >= 0.3 is 0 Å². The fraction of sp³-hybridized carbons (Fsp3) is 0.680. The lowest BCUT2D eigenvalue weighted by atomic mass is 9.98. The Labute approximate surface area is 194 Å². The summed E-state index contributed by atoms with van der Waals surface area (Å²) in [6, 6.07) is 7.98. The van der Waals surface area contributed by atoms with E-state index in [1.165, 1.54) is 0 Å². The maximum atomic E-state index is 15.1. The number of benzene rings is 1. The number of carbonyl (C=O) groups is 1. The smallest absolute Gasteiger partial charge is 0.238 e. The summed E-state index contributed by atoms with van der Waals surface area (Å²) in [5.41, 5.74) is 1.39. The van der Waals surface area contributed by atoms with E-state index in [2.05, 4.69) is 26.5 Å². The quantitative estimate of drug-likeness (QED) is 0.678. The Balaban J connectivity index is 1.09. The molecule has 6 rings (SSSR count). The molecule has 1 aromatic rings. The first-order valence-electron chi connectivity index (χ1n) is 12.4. The molecule has 5 aliphatic rings. The van der Waals surface area contributed by atoms with E-state index in [1.54, 1.807) is 12.1 Å². The van der Waals surface area contributed by atoms with Gasteiger partial charge in [0.05, 0.1) is 31.4 Å². The van der Waals surface area contributed by atoms with Crippen molar-refractivity contribution in [1.29, 1.82) is 5.26 Å². The van der Waals surface area contributed by atoms with Gasteiger partial charge in [-0.15, -0.1) is 0 Å². The van der Waals surface area contributed by atoms with Gasteiger partial charge in [0.15, 0.2) is 0 Å². The minimum Gasteiger partial charge on any atom is -0.378 e. The summed E-state index contributed by atoms with van der Waals surface area (Å²) >= 11 is 0. The summed E-state index contributed by atoms with van der Waals surface area (Å²) in [7, 11) is 0. The van der Waals surface area contributed by atoms with Crippen LogP contribution in [0, 0.1) is 29.0 Å². The molecule has 5 fully saturated rings. The average Bonchev–Trinajstić information content (AvgIpc) is 3.54. The predicted octanol–water partition coefficient (Wildman–Crippen LogP) is 1.43. The molecule has 1 aliphatic carbocycles. The number of fused-ring (bicyclic) bond motifs is 3. The molecule has 1 amide bonds. The first kappa shape index (κ1) is 21.3. The second kappa shape index (κ2) is 8.53. The van der Waals surface area contributed by atoms with Gasteiger partial charge in [-0.1, -0.05) is 6.07 Å². The molecule has 176 valence electrons. The molecular formula is C25H32FN5O2. The maximum absolute atomic E-state index is 15.1. The van der Waals surface area contributed by atoms with E-state index in [0.29, 0.717) is 35.5 Å². The predicted molar refractivity (Wildman–Crippen MR) is 121 cm³/mol. The molecule has 4 saturated heterocycles. The fourth-order valence-corrected chi connectivity index (χ4v) is 6.69. The standard InChI is InChI=1S/C25H32FN5O2/c26-22-9-20(31-6-5-17-11-30(12-23(17)31)21-13-33-14-21)4-2-15(22)7-19(10-27)29-25(32)24-16-1-3-18(8-16)28-24/h2,4,9,16-19,21,23-24,28H,1,3,5-8,11-14H2,(H,29,32)/t16?,17?,18?,19-,23?,24-/m0/s1. The van der Waals surface area contributed by atoms with Gasteiger partial charge in [0.2, 0.25) is 5.91 Å². The molecule has 1 aromatic carbocycles. The molecule has 2 bridgehead atoms. The summed E-state index contributed by atoms with van der Waals surface area (Å²) in [6.07, 6.45) is 4.54. The van der Waals surface area contributed by atoms with E-state index in [4.69, 9.17) is 4.74 Å². The molecule has 4 heterocycles. The van der Waals surface area contributed by atoms with Crippen molar-refractivity contribution >= 4 is 11.6 Å². The normalized spacial score (nSPS) is 34.2. The van der Waals surface area contributed by atoms with Gasteiger partial charge in [0.1, 0.15) is 11.9 Å². The largest absolute Gasteiger partial charge is 0.378 e. The summed E-state index contributed by atoms with van der Waals surface area (Å²) in [4.78, 5) is 17.6. The van der Waals surface area contributed by atoms with Crippen LogP contribution in [-0.2, 0) is 16.0 Å². The van der Waals surface area contributed by atoms with Gasteiger partial charge < -0.3 is 20.3 Å². The molecule has 0 aromatic heterocycles. The minimum atomic E-state index is -0.733. The van der Waals surface area contributed by atoms with Crippen LogP contribution >= 0.6 is 0 Å². The van der Waals surface area contributed by atoms with Crippen molar-refractivity contribution < 1.29 is 13.9 Å². The molecular weight excluding hydrogens is 421 g/mol. The molecule has 33 heavy (non-hydrogen) atoms. The highest BCUT2D eigenvalue weighted by molar-refractivity contribution is 5.83. The lowest BCUT2D eigenvalue weighted by Crippen LogP contribution is -2.50. The van der Waals surface area contributed by atoms with Crippen LogP contribution in [-0.4, -0.2) is 73.9 Å². The highest BCUT2D eigenvalue weighted by Crippen LogP contribution is 2.37. The Hall–Kier alpha value is -2.21. The fourth-order valence-electron chi connectivity index (χ4n) is 6.69. The topological polar surface area (TPSA) is 80.6 Å². The van der Waals surface area contributed by atoms with E-state index >= 15 is 4.39 Å². The van der Waals surface area contributed by atoms with Crippen LogP contribution in [0.2, 0.25) is 0 Å². The molecule has 2 N–H and O–H groups in total. The second-order valence-electron chi connectivity index (χ2n) is 10.5. The van der Waals surface area contributed by atoms with Crippen LogP contribution in [0.1, 0.15) is 31.2 Å². The van der Waals surface area contributed by atoms with E-state index in [1.807, 2.05) is 6.07 Å². The van der Waals surface area contributed by atoms with Gasteiger partial charge in [0, 0.05) is 43.8 Å². The van der Waals surface area contributed by atoms with Crippen LogP contribution in [0.25, 0.3) is 0 Å². The third-order valence-electron chi connectivity index (χ3n) is 8.62.